The fraction of sp³-hybridized carbons (Fsp3) is 0.286. The highest BCUT2D eigenvalue weighted by molar-refractivity contribution is 7.99. The first-order valence-electron chi connectivity index (χ1n) is 8.96. The molecule has 0 unspecified atom stereocenters. The first kappa shape index (κ1) is 20.4. The first-order chi connectivity index (χ1) is 13.4. The number of thiophene rings is 1. The Kier molecular flexibility index (Phi) is 6.36. The van der Waals surface area contributed by atoms with Gasteiger partial charge in [0.05, 0.1) is 28.5 Å². The number of nitrogens with zero attached hydrogens (tertiary/aromatic N) is 1. The van der Waals surface area contributed by atoms with Crippen molar-refractivity contribution in [2.24, 2.45) is 0 Å². The van der Waals surface area contributed by atoms with Gasteiger partial charge in [0.15, 0.2) is 0 Å². The topological polar surface area (TPSA) is 68.3 Å². The van der Waals surface area contributed by atoms with Crippen LogP contribution < -0.4 is 5.32 Å². The van der Waals surface area contributed by atoms with Crippen molar-refractivity contribution in [2.75, 3.05) is 17.7 Å². The number of esters is 1. The Balaban J connectivity index is 1.72. The molecule has 1 N–H and O–H groups in total. The molecule has 146 valence electrons. The van der Waals surface area contributed by atoms with Gasteiger partial charge in [0, 0.05) is 10.3 Å². The van der Waals surface area contributed by atoms with Gasteiger partial charge >= 0.3 is 5.97 Å². The molecule has 0 aliphatic heterocycles. The van der Waals surface area contributed by atoms with Crippen LogP contribution >= 0.6 is 23.1 Å². The highest BCUT2D eigenvalue weighted by Gasteiger charge is 2.22. The lowest BCUT2D eigenvalue weighted by Gasteiger charge is -2.08. The second-order valence-electron chi connectivity index (χ2n) is 6.34. The molecule has 7 heteroatoms. The van der Waals surface area contributed by atoms with Gasteiger partial charge in [-0.2, -0.15) is 0 Å². The maximum Gasteiger partial charge on any atom is 0.341 e. The Morgan fingerprint density at radius 1 is 1.21 bits per heavy atom. The van der Waals surface area contributed by atoms with Crippen molar-refractivity contribution in [3.63, 3.8) is 0 Å². The molecule has 1 aromatic carbocycles. The van der Waals surface area contributed by atoms with E-state index in [2.05, 4.69) is 10.3 Å². The van der Waals surface area contributed by atoms with E-state index >= 15 is 0 Å². The number of hydrogen-bond acceptors (Lipinski definition) is 6. The lowest BCUT2D eigenvalue weighted by molar-refractivity contribution is -0.113. The predicted molar refractivity (Wildman–Crippen MR) is 116 cm³/mol. The number of amides is 1. The number of nitrogens with one attached hydrogen (secondary N) is 1. The molecule has 5 nitrogen and oxygen atoms in total. The van der Waals surface area contributed by atoms with Gasteiger partial charge < -0.3 is 10.1 Å². The fourth-order valence-corrected chi connectivity index (χ4v) is 4.70. The number of benzene rings is 1. The van der Waals surface area contributed by atoms with Crippen LogP contribution in [0.2, 0.25) is 0 Å². The van der Waals surface area contributed by atoms with Crippen LogP contribution in [0.3, 0.4) is 0 Å². The zero-order chi connectivity index (χ0) is 20.3. The van der Waals surface area contributed by atoms with Crippen molar-refractivity contribution in [2.45, 2.75) is 32.7 Å². The van der Waals surface area contributed by atoms with Gasteiger partial charge in [0.2, 0.25) is 5.91 Å². The lowest BCUT2D eigenvalue weighted by atomic mass is 10.1. The van der Waals surface area contributed by atoms with E-state index in [0.717, 1.165) is 31.9 Å². The minimum absolute atomic E-state index is 0.176. The lowest BCUT2D eigenvalue weighted by Crippen LogP contribution is -2.16. The summed E-state index contributed by atoms with van der Waals surface area (Å²) in [5.74, 6) is -0.369. The van der Waals surface area contributed by atoms with Crippen LogP contribution in [0.15, 0.2) is 35.4 Å². The van der Waals surface area contributed by atoms with Crippen molar-refractivity contribution in [1.82, 2.24) is 4.98 Å². The highest BCUT2D eigenvalue weighted by Crippen LogP contribution is 2.33. The molecule has 0 fully saturated rings. The molecule has 2 heterocycles. The average molecular weight is 415 g/mol. The van der Waals surface area contributed by atoms with Gasteiger partial charge in [-0.15, -0.1) is 11.3 Å². The average Bonchev–Trinajstić information content (AvgIpc) is 2.94. The Labute approximate surface area is 172 Å². The van der Waals surface area contributed by atoms with E-state index in [4.69, 9.17) is 4.74 Å². The second kappa shape index (κ2) is 8.75. The van der Waals surface area contributed by atoms with E-state index in [1.165, 1.54) is 23.1 Å². The number of para-hydroxylation sites is 1. The molecule has 1 amide bonds. The molecule has 0 bridgehead atoms. The monoisotopic (exact) mass is 414 g/mol. The van der Waals surface area contributed by atoms with E-state index in [9.17, 15) is 9.59 Å². The van der Waals surface area contributed by atoms with Crippen molar-refractivity contribution < 1.29 is 14.3 Å². The molecule has 3 rings (SSSR count). The summed E-state index contributed by atoms with van der Waals surface area (Å²) in [4.78, 5) is 30.3. The Morgan fingerprint density at radius 3 is 2.71 bits per heavy atom. The van der Waals surface area contributed by atoms with Crippen LogP contribution in [0.5, 0.6) is 0 Å². The van der Waals surface area contributed by atoms with Crippen LogP contribution in [0.25, 0.3) is 10.9 Å². The van der Waals surface area contributed by atoms with Crippen molar-refractivity contribution in [1.29, 1.82) is 0 Å². The number of aryl methyl sites for hydroxylation is 2. The molecule has 2 aromatic heterocycles. The van der Waals surface area contributed by atoms with E-state index in [1.807, 2.05) is 51.1 Å². The molecule has 0 aliphatic carbocycles. The maximum absolute atomic E-state index is 12.5. The third-order valence-corrected chi connectivity index (χ3v) is 6.40. The number of thioether (sulfide) groups is 1. The number of rotatable bonds is 6. The summed E-state index contributed by atoms with van der Waals surface area (Å²) in [6.45, 7) is 7.89. The van der Waals surface area contributed by atoms with Gasteiger partial charge in [-0.05, 0) is 51.0 Å². The summed E-state index contributed by atoms with van der Waals surface area (Å²) < 4.78 is 5.13. The molecule has 0 aliphatic rings. The zero-order valence-corrected chi connectivity index (χ0v) is 17.9. The molecular weight excluding hydrogens is 392 g/mol. The number of carbonyl (C=O) groups excluding carboxylic acids is 2. The molecule has 0 saturated heterocycles. The maximum atomic E-state index is 12.5. The normalized spacial score (nSPS) is 10.9. The largest absolute Gasteiger partial charge is 0.462 e. The van der Waals surface area contributed by atoms with Crippen molar-refractivity contribution in [3.05, 3.63) is 51.9 Å². The molecule has 3 aromatic rings. The molecule has 0 spiro atoms. The van der Waals surface area contributed by atoms with Gasteiger partial charge in [0.25, 0.3) is 0 Å². The molecule has 0 atom stereocenters. The number of anilines is 1. The Hall–Kier alpha value is -2.38. The van der Waals surface area contributed by atoms with Gasteiger partial charge in [0.1, 0.15) is 5.00 Å². The van der Waals surface area contributed by atoms with E-state index in [-0.39, 0.29) is 11.7 Å². The van der Waals surface area contributed by atoms with Crippen LogP contribution in [0, 0.1) is 20.8 Å². The Morgan fingerprint density at radius 2 is 1.96 bits per heavy atom. The summed E-state index contributed by atoms with van der Waals surface area (Å²) in [5, 5.41) is 5.32. The number of pyridine rings is 1. The minimum Gasteiger partial charge on any atom is -0.462 e. The summed E-state index contributed by atoms with van der Waals surface area (Å²) in [6.07, 6.45) is 0. The highest BCUT2D eigenvalue weighted by atomic mass is 32.2. The second-order valence-corrected chi connectivity index (χ2v) is 8.56. The summed E-state index contributed by atoms with van der Waals surface area (Å²) >= 11 is 2.77. The van der Waals surface area contributed by atoms with Crippen LogP contribution in [0.1, 0.15) is 33.3 Å². The van der Waals surface area contributed by atoms with Crippen LogP contribution in [-0.4, -0.2) is 29.2 Å². The van der Waals surface area contributed by atoms with E-state index in [0.29, 0.717) is 17.2 Å². The number of hydrogen-bond donors (Lipinski definition) is 1. The van der Waals surface area contributed by atoms with Gasteiger partial charge in [-0.1, -0.05) is 30.0 Å². The van der Waals surface area contributed by atoms with Crippen LogP contribution in [-0.2, 0) is 9.53 Å². The quantitative estimate of drug-likeness (QED) is 0.447. The third-order valence-electron chi connectivity index (χ3n) is 4.37. The number of fused-ring (bicyclic) bond motifs is 1. The number of carbonyl (C=O) groups is 2. The molecule has 0 saturated carbocycles. The number of aromatic nitrogens is 1. The van der Waals surface area contributed by atoms with E-state index < -0.39 is 5.97 Å². The molecule has 0 radical (unpaired) electrons. The standard InChI is InChI=1S/C21H22N2O3S2/c1-5-26-21(25)19-13(3)14(4)28-20(19)23-17(24)11-27-18-10-12(2)15-8-6-7-9-16(15)22-18/h6-10H,5,11H2,1-4H3,(H,23,24). The van der Waals surface area contributed by atoms with Crippen molar-refractivity contribution in [3.8, 4) is 0 Å². The predicted octanol–water partition coefficient (Wildman–Crippen LogP) is 5.13. The molecule has 28 heavy (non-hydrogen) atoms. The first-order valence-corrected chi connectivity index (χ1v) is 10.8. The summed E-state index contributed by atoms with van der Waals surface area (Å²) in [5.41, 5.74) is 3.34. The SMILES string of the molecule is CCOC(=O)c1c(NC(=O)CSc2cc(C)c3ccccc3n2)sc(C)c1C. The fourth-order valence-electron chi connectivity index (χ4n) is 2.86. The summed E-state index contributed by atoms with van der Waals surface area (Å²) in [6, 6.07) is 9.94. The minimum atomic E-state index is -0.404. The third kappa shape index (κ3) is 4.36. The van der Waals surface area contributed by atoms with Gasteiger partial charge in [-0.25, -0.2) is 9.78 Å². The van der Waals surface area contributed by atoms with Crippen LogP contribution in [0.4, 0.5) is 5.00 Å². The Bertz CT molecular complexity index is 1040. The zero-order valence-electron chi connectivity index (χ0n) is 16.3. The number of ether oxygens (including phenoxy) is 1. The molecular formula is C21H22N2O3S2. The van der Waals surface area contributed by atoms with Crippen molar-refractivity contribution >= 4 is 50.9 Å². The smallest absolute Gasteiger partial charge is 0.341 e. The van der Waals surface area contributed by atoms with E-state index in [1.54, 1.807) is 6.92 Å². The van der Waals surface area contributed by atoms with Gasteiger partial charge in [-0.3, -0.25) is 4.79 Å². The summed E-state index contributed by atoms with van der Waals surface area (Å²) in [7, 11) is 0.